The molecule has 0 bridgehead atoms. The van der Waals surface area contributed by atoms with Gasteiger partial charge in [0, 0.05) is 17.0 Å². The molecule has 0 unspecified atom stereocenters. The van der Waals surface area contributed by atoms with Gasteiger partial charge in [-0.2, -0.15) is 0 Å². The van der Waals surface area contributed by atoms with E-state index in [4.69, 9.17) is 0 Å². The summed E-state index contributed by atoms with van der Waals surface area (Å²) >= 11 is 3.19. The second-order valence-electron chi connectivity index (χ2n) is 1.51. The van der Waals surface area contributed by atoms with Crippen LogP contribution in [-0.2, 0) is 9.53 Å². The monoisotopic (exact) mass is 176 g/mol. The van der Waals surface area contributed by atoms with Gasteiger partial charge in [0.2, 0.25) is 0 Å². The molecule has 8 heavy (non-hydrogen) atoms. The van der Waals surface area contributed by atoms with Gasteiger partial charge in [-0.1, -0.05) is 15.9 Å². The minimum absolute atomic E-state index is 0.247. The third-order valence-corrected chi connectivity index (χ3v) is 1.49. The van der Waals surface area contributed by atoms with E-state index in [9.17, 15) is 4.79 Å². The largest absolute Gasteiger partial charge is 0.462 e. The first kappa shape index (κ1) is 5.82. The molecule has 0 saturated carbocycles. The van der Waals surface area contributed by atoms with Crippen LogP contribution >= 0.6 is 15.9 Å². The standard InChI is InChI=1S/C5H5BrO2/c6-4-1-2-8-5(7)3-4/h3H,1-2H2. The Balaban J connectivity index is 2.64. The maximum Gasteiger partial charge on any atom is 0.331 e. The van der Waals surface area contributed by atoms with Crippen molar-refractivity contribution in [1.82, 2.24) is 0 Å². The van der Waals surface area contributed by atoms with Crippen molar-refractivity contribution >= 4 is 21.9 Å². The fourth-order valence-electron chi connectivity index (χ4n) is 0.491. The summed E-state index contributed by atoms with van der Waals surface area (Å²) in [5.74, 6) is -0.247. The minimum Gasteiger partial charge on any atom is -0.462 e. The number of carbonyl (C=O) groups is 1. The predicted molar refractivity (Wildman–Crippen MR) is 32.6 cm³/mol. The lowest BCUT2D eigenvalue weighted by atomic mass is 10.3. The summed E-state index contributed by atoms with van der Waals surface area (Å²) < 4.78 is 5.53. The van der Waals surface area contributed by atoms with Gasteiger partial charge in [-0.15, -0.1) is 0 Å². The highest BCUT2D eigenvalue weighted by Gasteiger charge is 2.06. The molecule has 1 rings (SSSR count). The molecule has 0 saturated heterocycles. The van der Waals surface area contributed by atoms with Crippen molar-refractivity contribution in [2.24, 2.45) is 0 Å². The normalized spacial score (nSPS) is 19.6. The molecule has 0 atom stereocenters. The van der Waals surface area contributed by atoms with Gasteiger partial charge in [-0.3, -0.25) is 0 Å². The molecule has 1 heterocycles. The zero-order valence-electron chi connectivity index (χ0n) is 4.19. The number of halogens is 1. The summed E-state index contributed by atoms with van der Waals surface area (Å²) in [5.41, 5.74) is 0. The number of hydrogen-bond acceptors (Lipinski definition) is 2. The van der Waals surface area contributed by atoms with E-state index in [1.54, 1.807) is 0 Å². The van der Waals surface area contributed by atoms with E-state index in [0.29, 0.717) is 6.61 Å². The predicted octanol–water partition coefficient (Wildman–Crippen LogP) is 1.21. The molecule has 0 aromatic rings. The molecule has 0 aromatic carbocycles. The second kappa shape index (κ2) is 2.31. The molecule has 1 aliphatic rings. The molecule has 3 heteroatoms. The van der Waals surface area contributed by atoms with Gasteiger partial charge in [0.25, 0.3) is 0 Å². The molecule has 0 radical (unpaired) electrons. The zero-order valence-corrected chi connectivity index (χ0v) is 5.77. The summed E-state index contributed by atoms with van der Waals surface area (Å²) in [6, 6.07) is 0. The van der Waals surface area contributed by atoms with Crippen LogP contribution in [0.3, 0.4) is 0 Å². The summed E-state index contributed by atoms with van der Waals surface area (Å²) in [5, 5.41) is 0. The van der Waals surface area contributed by atoms with Gasteiger partial charge in [0.15, 0.2) is 0 Å². The first-order valence-electron chi connectivity index (χ1n) is 2.32. The SMILES string of the molecule is O=C1C=C(Br)CCO1. The second-order valence-corrected chi connectivity index (χ2v) is 2.53. The zero-order chi connectivity index (χ0) is 5.98. The number of esters is 1. The number of hydrogen-bond donors (Lipinski definition) is 0. The molecule has 0 amide bonds. The summed E-state index contributed by atoms with van der Waals surface area (Å²) in [6.45, 7) is 0.510. The number of cyclic esters (lactones) is 1. The third-order valence-electron chi connectivity index (χ3n) is 0.860. The van der Waals surface area contributed by atoms with Crippen molar-refractivity contribution in [3.05, 3.63) is 10.6 Å². The van der Waals surface area contributed by atoms with Crippen LogP contribution in [0.25, 0.3) is 0 Å². The topological polar surface area (TPSA) is 26.3 Å². The highest BCUT2D eigenvalue weighted by Crippen LogP contribution is 2.13. The lowest BCUT2D eigenvalue weighted by Crippen LogP contribution is -2.07. The average Bonchev–Trinajstić information content (AvgIpc) is 1.64. The van der Waals surface area contributed by atoms with Gasteiger partial charge in [-0.05, 0) is 0 Å². The Morgan fingerprint density at radius 2 is 2.50 bits per heavy atom. The number of ether oxygens (including phenoxy) is 1. The van der Waals surface area contributed by atoms with Gasteiger partial charge < -0.3 is 4.74 Å². The van der Waals surface area contributed by atoms with Crippen LogP contribution in [0.4, 0.5) is 0 Å². The fraction of sp³-hybridized carbons (Fsp3) is 0.400. The van der Waals surface area contributed by atoms with E-state index in [1.165, 1.54) is 6.08 Å². The lowest BCUT2D eigenvalue weighted by Gasteiger charge is -2.06. The van der Waals surface area contributed by atoms with E-state index in [2.05, 4.69) is 20.7 Å². The van der Waals surface area contributed by atoms with Crippen molar-refractivity contribution in [2.45, 2.75) is 6.42 Å². The molecular formula is C5H5BrO2. The van der Waals surface area contributed by atoms with E-state index >= 15 is 0 Å². The molecule has 1 aliphatic heterocycles. The summed E-state index contributed by atoms with van der Waals surface area (Å²) in [7, 11) is 0. The Kier molecular flexibility index (Phi) is 1.68. The smallest absolute Gasteiger partial charge is 0.331 e. The van der Waals surface area contributed by atoms with Crippen LogP contribution in [0.2, 0.25) is 0 Å². The van der Waals surface area contributed by atoms with Crippen molar-refractivity contribution in [3.63, 3.8) is 0 Å². The van der Waals surface area contributed by atoms with Crippen LogP contribution in [0.5, 0.6) is 0 Å². The maximum atomic E-state index is 10.3. The highest BCUT2D eigenvalue weighted by atomic mass is 79.9. The average molecular weight is 177 g/mol. The lowest BCUT2D eigenvalue weighted by molar-refractivity contribution is -0.138. The van der Waals surface area contributed by atoms with Crippen LogP contribution in [0.15, 0.2) is 10.6 Å². The van der Waals surface area contributed by atoms with E-state index in [0.717, 1.165) is 10.9 Å². The summed E-state index contributed by atoms with van der Waals surface area (Å²) in [6.07, 6.45) is 2.26. The summed E-state index contributed by atoms with van der Waals surface area (Å²) in [4.78, 5) is 10.3. The van der Waals surface area contributed by atoms with Crippen molar-refractivity contribution in [1.29, 1.82) is 0 Å². The maximum absolute atomic E-state index is 10.3. The van der Waals surface area contributed by atoms with E-state index in [1.807, 2.05) is 0 Å². The van der Waals surface area contributed by atoms with Crippen molar-refractivity contribution in [3.8, 4) is 0 Å². The first-order valence-corrected chi connectivity index (χ1v) is 3.11. The van der Waals surface area contributed by atoms with Gasteiger partial charge in [0.05, 0.1) is 6.61 Å². The Labute approximate surface area is 55.6 Å². The molecule has 0 fully saturated rings. The van der Waals surface area contributed by atoms with Gasteiger partial charge in [0.1, 0.15) is 0 Å². The molecule has 2 nitrogen and oxygen atoms in total. The molecule has 44 valence electrons. The van der Waals surface area contributed by atoms with Gasteiger partial charge >= 0.3 is 5.97 Å². The Bertz CT molecular complexity index is 139. The molecule has 0 aliphatic carbocycles. The number of carbonyl (C=O) groups excluding carboxylic acids is 1. The number of rotatable bonds is 0. The minimum atomic E-state index is -0.247. The molecule has 0 aromatic heterocycles. The van der Waals surface area contributed by atoms with Gasteiger partial charge in [-0.25, -0.2) is 4.79 Å². The molecular weight excluding hydrogens is 172 g/mol. The van der Waals surface area contributed by atoms with Crippen LogP contribution in [0, 0.1) is 0 Å². The Hall–Kier alpha value is -0.310. The Morgan fingerprint density at radius 1 is 1.75 bits per heavy atom. The van der Waals surface area contributed by atoms with E-state index < -0.39 is 0 Å². The quantitative estimate of drug-likeness (QED) is 0.520. The van der Waals surface area contributed by atoms with Crippen LogP contribution in [0.1, 0.15) is 6.42 Å². The molecule has 0 N–H and O–H groups in total. The van der Waals surface area contributed by atoms with Crippen LogP contribution < -0.4 is 0 Å². The van der Waals surface area contributed by atoms with Crippen LogP contribution in [-0.4, -0.2) is 12.6 Å². The van der Waals surface area contributed by atoms with Crippen molar-refractivity contribution < 1.29 is 9.53 Å². The first-order chi connectivity index (χ1) is 3.79. The van der Waals surface area contributed by atoms with Crippen molar-refractivity contribution in [2.75, 3.05) is 6.61 Å². The van der Waals surface area contributed by atoms with E-state index in [-0.39, 0.29) is 5.97 Å². The Morgan fingerprint density at radius 3 is 2.88 bits per heavy atom. The highest BCUT2D eigenvalue weighted by molar-refractivity contribution is 9.11. The fourth-order valence-corrected chi connectivity index (χ4v) is 0.840. The molecule has 0 spiro atoms. The third kappa shape index (κ3) is 1.33.